The van der Waals surface area contributed by atoms with Gasteiger partial charge in [-0.25, -0.2) is 0 Å². The number of thiazole rings is 1. The van der Waals surface area contributed by atoms with E-state index in [2.05, 4.69) is 0 Å². The van der Waals surface area contributed by atoms with Crippen LogP contribution in [0.1, 0.15) is 23.9 Å². The van der Waals surface area contributed by atoms with E-state index in [4.69, 9.17) is 5.11 Å². The van der Waals surface area contributed by atoms with Crippen molar-refractivity contribution < 1.29 is 5.11 Å². The van der Waals surface area contributed by atoms with E-state index in [0.29, 0.717) is 13.0 Å². The van der Waals surface area contributed by atoms with E-state index < -0.39 is 0 Å². The van der Waals surface area contributed by atoms with Crippen molar-refractivity contribution >= 4 is 11.3 Å². The summed E-state index contributed by atoms with van der Waals surface area (Å²) in [6, 6.07) is 0. The molecule has 1 heterocycles. The molecule has 4 heteroatoms. The first kappa shape index (κ1) is 10.5. The Morgan fingerprint density at radius 2 is 2.15 bits per heavy atom. The zero-order valence-electron chi connectivity index (χ0n) is 8.20. The van der Waals surface area contributed by atoms with Gasteiger partial charge in [-0.3, -0.25) is 4.79 Å². The Bertz CT molecular complexity index is 338. The Kier molecular flexibility index (Phi) is 3.27. The minimum Gasteiger partial charge on any atom is -0.393 e. The minimum atomic E-state index is -0.341. The normalized spacial score (nSPS) is 13.2. The van der Waals surface area contributed by atoms with Crippen LogP contribution in [0.2, 0.25) is 0 Å². The van der Waals surface area contributed by atoms with E-state index in [9.17, 15) is 4.79 Å². The molecule has 0 amide bonds. The van der Waals surface area contributed by atoms with Gasteiger partial charge in [-0.05, 0) is 27.2 Å². The van der Waals surface area contributed by atoms with Gasteiger partial charge in [0.25, 0.3) is 0 Å². The molecule has 0 saturated carbocycles. The molecular formula is C9H15NO2S. The van der Waals surface area contributed by atoms with Gasteiger partial charge in [-0.15, -0.1) is 0 Å². The van der Waals surface area contributed by atoms with Crippen LogP contribution >= 0.6 is 11.3 Å². The van der Waals surface area contributed by atoms with E-state index in [-0.39, 0.29) is 11.0 Å². The third kappa shape index (κ3) is 2.42. The highest BCUT2D eigenvalue weighted by atomic mass is 32.1. The fourth-order valence-electron chi connectivity index (χ4n) is 1.16. The van der Waals surface area contributed by atoms with Gasteiger partial charge in [0.15, 0.2) is 0 Å². The zero-order valence-corrected chi connectivity index (χ0v) is 9.02. The lowest BCUT2D eigenvalue weighted by Gasteiger charge is -2.06. The molecule has 1 atom stereocenters. The van der Waals surface area contributed by atoms with Crippen molar-refractivity contribution in [1.82, 2.24) is 4.57 Å². The van der Waals surface area contributed by atoms with E-state index in [1.807, 2.05) is 13.8 Å². The van der Waals surface area contributed by atoms with Crippen LogP contribution in [-0.2, 0) is 6.54 Å². The Balaban J connectivity index is 2.82. The van der Waals surface area contributed by atoms with Crippen molar-refractivity contribution in [3.8, 4) is 0 Å². The third-order valence-corrected chi connectivity index (χ3v) is 3.14. The first-order valence-electron chi connectivity index (χ1n) is 4.37. The minimum absolute atomic E-state index is 0.0793. The summed E-state index contributed by atoms with van der Waals surface area (Å²) >= 11 is 1.27. The van der Waals surface area contributed by atoms with E-state index >= 15 is 0 Å². The molecule has 1 unspecified atom stereocenters. The second kappa shape index (κ2) is 4.07. The summed E-state index contributed by atoms with van der Waals surface area (Å²) in [5.41, 5.74) is 1.02. The molecule has 0 bridgehead atoms. The number of hydrogen-bond donors (Lipinski definition) is 1. The molecule has 1 rings (SSSR count). The summed E-state index contributed by atoms with van der Waals surface area (Å²) in [5, 5.41) is 9.09. The second-order valence-electron chi connectivity index (χ2n) is 3.30. The number of aromatic nitrogens is 1. The second-order valence-corrected chi connectivity index (χ2v) is 4.46. The third-order valence-electron chi connectivity index (χ3n) is 2.15. The van der Waals surface area contributed by atoms with Gasteiger partial charge in [0.2, 0.25) is 0 Å². The fourth-order valence-corrected chi connectivity index (χ4v) is 2.02. The molecule has 13 heavy (non-hydrogen) atoms. The molecule has 0 aromatic carbocycles. The SMILES string of the molecule is Cc1sc(=O)n(CCC(C)O)c1C. The summed E-state index contributed by atoms with van der Waals surface area (Å²) in [5.74, 6) is 0. The molecule has 1 aromatic heterocycles. The van der Waals surface area contributed by atoms with Crippen LogP contribution in [0.5, 0.6) is 0 Å². The van der Waals surface area contributed by atoms with Crippen molar-refractivity contribution in [3.63, 3.8) is 0 Å². The van der Waals surface area contributed by atoms with Crippen LogP contribution in [0.25, 0.3) is 0 Å². The maximum Gasteiger partial charge on any atom is 0.307 e. The van der Waals surface area contributed by atoms with E-state index in [1.165, 1.54) is 11.3 Å². The number of aliphatic hydroxyl groups excluding tert-OH is 1. The maximum absolute atomic E-state index is 11.4. The van der Waals surface area contributed by atoms with Gasteiger partial charge in [-0.2, -0.15) is 0 Å². The smallest absolute Gasteiger partial charge is 0.307 e. The molecule has 0 radical (unpaired) electrons. The molecule has 0 aliphatic heterocycles. The summed E-state index contributed by atoms with van der Waals surface area (Å²) in [6.07, 6.45) is 0.295. The Morgan fingerprint density at radius 1 is 1.54 bits per heavy atom. The highest BCUT2D eigenvalue weighted by Gasteiger charge is 2.07. The van der Waals surface area contributed by atoms with Gasteiger partial charge < -0.3 is 9.67 Å². The van der Waals surface area contributed by atoms with Crippen LogP contribution in [0.3, 0.4) is 0 Å². The number of aryl methyl sites for hydroxylation is 1. The van der Waals surface area contributed by atoms with E-state index in [1.54, 1.807) is 11.5 Å². The van der Waals surface area contributed by atoms with Gasteiger partial charge in [0.1, 0.15) is 0 Å². The first-order chi connectivity index (χ1) is 6.02. The predicted molar refractivity (Wildman–Crippen MR) is 54.4 cm³/mol. The first-order valence-corrected chi connectivity index (χ1v) is 5.19. The molecule has 0 fully saturated rings. The quantitative estimate of drug-likeness (QED) is 0.801. The van der Waals surface area contributed by atoms with Crippen LogP contribution < -0.4 is 4.87 Å². The molecule has 3 nitrogen and oxygen atoms in total. The average molecular weight is 201 g/mol. The van der Waals surface area contributed by atoms with Gasteiger partial charge >= 0.3 is 4.87 Å². The Hall–Kier alpha value is -0.610. The van der Waals surface area contributed by atoms with Crippen molar-refractivity contribution in [2.75, 3.05) is 0 Å². The molecule has 1 N–H and O–H groups in total. The molecule has 0 spiro atoms. The summed E-state index contributed by atoms with van der Waals surface area (Å²) in [7, 11) is 0. The Labute approximate surface area is 81.6 Å². The molecule has 1 aromatic rings. The monoisotopic (exact) mass is 201 g/mol. The molecule has 0 saturated heterocycles. The lowest BCUT2D eigenvalue weighted by molar-refractivity contribution is 0.177. The highest BCUT2D eigenvalue weighted by molar-refractivity contribution is 7.09. The van der Waals surface area contributed by atoms with Crippen LogP contribution in [-0.4, -0.2) is 15.8 Å². The zero-order chi connectivity index (χ0) is 10.0. The molecule has 0 aliphatic rings. The Morgan fingerprint density at radius 3 is 2.54 bits per heavy atom. The lowest BCUT2D eigenvalue weighted by Crippen LogP contribution is -2.17. The van der Waals surface area contributed by atoms with Crippen molar-refractivity contribution in [1.29, 1.82) is 0 Å². The summed E-state index contributed by atoms with van der Waals surface area (Å²) in [4.78, 5) is 12.5. The van der Waals surface area contributed by atoms with Crippen LogP contribution in [0, 0.1) is 13.8 Å². The summed E-state index contributed by atoms with van der Waals surface area (Å²) in [6.45, 7) is 6.24. The van der Waals surface area contributed by atoms with Crippen LogP contribution in [0.4, 0.5) is 0 Å². The van der Waals surface area contributed by atoms with E-state index in [0.717, 1.165) is 10.6 Å². The number of hydrogen-bond acceptors (Lipinski definition) is 3. The average Bonchev–Trinajstić information content (AvgIpc) is 2.24. The van der Waals surface area contributed by atoms with Crippen molar-refractivity contribution in [3.05, 3.63) is 20.2 Å². The van der Waals surface area contributed by atoms with Crippen LogP contribution in [0.15, 0.2) is 4.79 Å². The van der Waals surface area contributed by atoms with Gasteiger partial charge in [0.05, 0.1) is 6.10 Å². The fraction of sp³-hybridized carbons (Fsp3) is 0.667. The largest absolute Gasteiger partial charge is 0.393 e. The predicted octanol–water partition coefficient (Wildman–Crippen LogP) is 1.30. The summed E-state index contributed by atoms with van der Waals surface area (Å²) < 4.78 is 1.73. The molecule has 74 valence electrons. The molecule has 0 aliphatic carbocycles. The van der Waals surface area contributed by atoms with Gasteiger partial charge in [0, 0.05) is 17.1 Å². The maximum atomic E-state index is 11.4. The number of rotatable bonds is 3. The van der Waals surface area contributed by atoms with Crippen molar-refractivity contribution in [2.45, 2.75) is 39.8 Å². The topological polar surface area (TPSA) is 42.2 Å². The van der Waals surface area contributed by atoms with Crippen molar-refractivity contribution in [2.24, 2.45) is 0 Å². The number of nitrogens with zero attached hydrogens (tertiary/aromatic N) is 1. The number of aliphatic hydroxyl groups is 1. The highest BCUT2D eigenvalue weighted by Crippen LogP contribution is 2.10. The standard InChI is InChI=1S/C9H15NO2S/c1-6(11)4-5-10-7(2)8(3)13-9(10)12/h6,11H,4-5H2,1-3H3. The van der Waals surface area contributed by atoms with Gasteiger partial charge in [-0.1, -0.05) is 11.3 Å². The lowest BCUT2D eigenvalue weighted by atomic mass is 10.3. The molecular weight excluding hydrogens is 186 g/mol.